The third-order valence-electron chi connectivity index (χ3n) is 5.61. The summed E-state index contributed by atoms with van der Waals surface area (Å²) in [7, 11) is -3.56. The second-order valence-corrected chi connectivity index (χ2v) is 9.95. The van der Waals surface area contributed by atoms with E-state index in [1.807, 2.05) is 30.3 Å². The molecule has 0 atom stereocenters. The average Bonchev–Trinajstić information content (AvgIpc) is 3.11. The Balaban J connectivity index is 1.28. The second kappa shape index (κ2) is 8.64. The summed E-state index contributed by atoms with van der Waals surface area (Å²) in [5.74, 6) is -0.158. The molecule has 0 bridgehead atoms. The fourth-order valence-corrected chi connectivity index (χ4v) is 5.57. The van der Waals surface area contributed by atoms with Gasteiger partial charge in [0, 0.05) is 35.3 Å². The van der Waals surface area contributed by atoms with E-state index in [0.29, 0.717) is 43.3 Å². The zero-order valence-electron chi connectivity index (χ0n) is 17.4. The van der Waals surface area contributed by atoms with E-state index in [9.17, 15) is 13.2 Å². The van der Waals surface area contributed by atoms with Crippen molar-refractivity contribution in [3.05, 3.63) is 71.8 Å². The van der Waals surface area contributed by atoms with Crippen LogP contribution in [0, 0.1) is 0 Å². The Morgan fingerprint density at radius 3 is 2.33 bits per heavy atom. The van der Waals surface area contributed by atoms with Crippen molar-refractivity contribution in [3.63, 3.8) is 0 Å². The van der Waals surface area contributed by atoms with Crippen LogP contribution in [0.3, 0.4) is 0 Å². The van der Waals surface area contributed by atoms with Crippen LogP contribution in [0.1, 0.15) is 15.9 Å². The number of Topliss-reactive ketones (excluding diaryl/α,β-unsaturated/α-hetero) is 1. The van der Waals surface area contributed by atoms with Gasteiger partial charge < -0.3 is 10.1 Å². The number of ether oxygens (including phenoxy) is 1. The summed E-state index contributed by atoms with van der Waals surface area (Å²) >= 11 is 5.30. The molecule has 0 radical (unpaired) electrons. The fraction of sp³-hybridized carbons (Fsp3) is 0.174. The number of hydrogen-bond acceptors (Lipinski definition) is 6. The number of benzene rings is 3. The lowest BCUT2D eigenvalue weighted by Gasteiger charge is -2.26. The van der Waals surface area contributed by atoms with Crippen LogP contribution >= 0.6 is 12.2 Å². The monoisotopic (exact) mass is 480 g/mol. The number of hydrogen-bond donors (Lipinski definition) is 2. The summed E-state index contributed by atoms with van der Waals surface area (Å²) in [6.07, 6.45) is 0. The molecule has 1 fully saturated rings. The summed E-state index contributed by atoms with van der Waals surface area (Å²) in [6.45, 7) is 1.47. The largest absolute Gasteiger partial charge is 0.379 e. The standard InChI is InChI=1S/C23H20N4O4S2/c28-22-19-6-2-4-15-3-1-5-18(20(15)19)21(22)25-26-23(32)24-16-7-9-17(10-8-16)33(29,30)27-11-13-31-14-12-27/h1-10H,11-14H2,(H2,24,26,32). The number of carbonyl (C=O) groups excluding carboxylic acids is 1. The normalized spacial score (nSPS) is 17.5. The number of rotatable bonds is 4. The predicted octanol–water partition coefficient (Wildman–Crippen LogP) is 2.75. The van der Waals surface area contributed by atoms with Crippen LogP contribution in [0.4, 0.5) is 5.69 Å². The third kappa shape index (κ3) is 4.02. The highest BCUT2D eigenvalue weighted by Gasteiger charge is 2.29. The van der Waals surface area contributed by atoms with Crippen molar-refractivity contribution in [1.29, 1.82) is 0 Å². The van der Waals surface area contributed by atoms with E-state index in [-0.39, 0.29) is 15.8 Å². The van der Waals surface area contributed by atoms with Crippen molar-refractivity contribution in [2.24, 2.45) is 5.10 Å². The maximum absolute atomic E-state index is 12.8. The minimum atomic E-state index is -3.56. The molecule has 1 heterocycles. The zero-order valence-corrected chi connectivity index (χ0v) is 19.1. The quantitative estimate of drug-likeness (QED) is 0.438. The molecule has 0 saturated carbocycles. The number of anilines is 1. The molecule has 0 aromatic heterocycles. The molecule has 3 aromatic carbocycles. The van der Waals surface area contributed by atoms with Gasteiger partial charge >= 0.3 is 0 Å². The maximum atomic E-state index is 12.8. The third-order valence-corrected chi connectivity index (χ3v) is 7.72. The molecule has 0 unspecified atom stereocenters. The lowest BCUT2D eigenvalue weighted by atomic mass is 10.1. The topological polar surface area (TPSA) is 100 Å². The van der Waals surface area contributed by atoms with Crippen molar-refractivity contribution < 1.29 is 17.9 Å². The molecule has 1 aliphatic heterocycles. The maximum Gasteiger partial charge on any atom is 0.243 e. The average molecular weight is 481 g/mol. The smallest absolute Gasteiger partial charge is 0.243 e. The lowest BCUT2D eigenvalue weighted by molar-refractivity contribution is 0.0730. The Bertz CT molecular complexity index is 1390. The summed E-state index contributed by atoms with van der Waals surface area (Å²) in [4.78, 5) is 13.0. The second-order valence-electron chi connectivity index (χ2n) is 7.61. The Hall–Kier alpha value is -3.18. The molecule has 3 aromatic rings. The molecule has 5 rings (SSSR count). The molecule has 1 saturated heterocycles. The zero-order chi connectivity index (χ0) is 23.0. The van der Waals surface area contributed by atoms with Crippen molar-refractivity contribution in [2.75, 3.05) is 31.6 Å². The van der Waals surface area contributed by atoms with Crippen LogP contribution in [0.25, 0.3) is 10.8 Å². The number of thiocarbonyl (C=S) groups is 1. The molecule has 8 nitrogen and oxygen atoms in total. The Labute approximate surface area is 196 Å². The minimum Gasteiger partial charge on any atom is -0.379 e. The number of nitrogens with one attached hydrogen (secondary N) is 2. The SMILES string of the molecule is O=C1C(=NNC(=S)Nc2ccc(S(=O)(=O)N3CCOCC3)cc2)c2cccc3cccc1c23. The molecule has 2 aliphatic rings. The van der Waals surface area contributed by atoms with Crippen LogP contribution in [-0.2, 0) is 14.8 Å². The van der Waals surface area contributed by atoms with Gasteiger partial charge in [-0.05, 0) is 41.9 Å². The summed E-state index contributed by atoms with van der Waals surface area (Å²) in [5, 5.41) is 9.27. The number of nitrogens with zero attached hydrogens (tertiary/aromatic N) is 2. The number of morpholine rings is 1. The predicted molar refractivity (Wildman–Crippen MR) is 130 cm³/mol. The summed E-state index contributed by atoms with van der Waals surface area (Å²) in [6, 6.07) is 17.6. The summed E-state index contributed by atoms with van der Waals surface area (Å²) < 4.78 is 32.1. The van der Waals surface area contributed by atoms with Crippen LogP contribution in [0.15, 0.2) is 70.7 Å². The van der Waals surface area contributed by atoms with Crippen molar-refractivity contribution in [1.82, 2.24) is 9.73 Å². The molecule has 0 spiro atoms. The van der Waals surface area contributed by atoms with Gasteiger partial charge in [-0.25, -0.2) is 8.42 Å². The van der Waals surface area contributed by atoms with Crippen LogP contribution in [0.2, 0.25) is 0 Å². The Morgan fingerprint density at radius 1 is 0.970 bits per heavy atom. The number of sulfonamides is 1. The molecule has 1 aliphatic carbocycles. The van der Waals surface area contributed by atoms with Gasteiger partial charge in [0.2, 0.25) is 15.8 Å². The van der Waals surface area contributed by atoms with Gasteiger partial charge in [0.1, 0.15) is 5.71 Å². The van der Waals surface area contributed by atoms with Gasteiger partial charge in [-0.1, -0.05) is 36.4 Å². The first-order valence-electron chi connectivity index (χ1n) is 10.3. The Kier molecular flexibility index (Phi) is 5.67. The van der Waals surface area contributed by atoms with Gasteiger partial charge in [0.05, 0.1) is 18.1 Å². The molecule has 168 valence electrons. The first-order valence-corrected chi connectivity index (χ1v) is 12.2. The van der Waals surface area contributed by atoms with Gasteiger partial charge in [0.15, 0.2) is 5.11 Å². The van der Waals surface area contributed by atoms with Gasteiger partial charge in [-0.3, -0.25) is 10.2 Å². The minimum absolute atomic E-state index is 0.158. The van der Waals surface area contributed by atoms with Gasteiger partial charge in [-0.15, -0.1) is 0 Å². The number of hydrazone groups is 1. The van der Waals surface area contributed by atoms with Crippen molar-refractivity contribution in [2.45, 2.75) is 4.90 Å². The highest BCUT2D eigenvalue weighted by atomic mass is 32.2. The first kappa shape index (κ1) is 21.7. The molecular formula is C23H20N4O4S2. The van der Waals surface area contributed by atoms with Crippen molar-refractivity contribution >= 4 is 55.3 Å². The van der Waals surface area contributed by atoms with E-state index < -0.39 is 10.0 Å². The lowest BCUT2D eigenvalue weighted by Crippen LogP contribution is -2.40. The van der Waals surface area contributed by atoms with Crippen molar-refractivity contribution in [3.8, 4) is 0 Å². The highest BCUT2D eigenvalue weighted by molar-refractivity contribution is 7.89. The van der Waals surface area contributed by atoms with E-state index in [0.717, 1.165) is 16.3 Å². The van der Waals surface area contributed by atoms with Gasteiger partial charge in [-0.2, -0.15) is 9.41 Å². The molecule has 0 amide bonds. The first-order chi connectivity index (χ1) is 15.9. The van der Waals surface area contributed by atoms with E-state index in [1.54, 1.807) is 18.2 Å². The van der Waals surface area contributed by atoms with E-state index >= 15 is 0 Å². The summed E-state index contributed by atoms with van der Waals surface area (Å²) in [5.41, 5.74) is 5.01. The molecule has 2 N–H and O–H groups in total. The Morgan fingerprint density at radius 2 is 1.64 bits per heavy atom. The number of carbonyl (C=O) groups is 1. The van der Waals surface area contributed by atoms with Gasteiger partial charge in [0.25, 0.3) is 0 Å². The molecule has 10 heteroatoms. The molecular weight excluding hydrogens is 460 g/mol. The van der Waals surface area contributed by atoms with Crippen LogP contribution in [-0.4, -0.2) is 55.6 Å². The van der Waals surface area contributed by atoms with Crippen LogP contribution < -0.4 is 10.7 Å². The molecule has 33 heavy (non-hydrogen) atoms. The number of ketones is 1. The van der Waals surface area contributed by atoms with E-state index in [2.05, 4.69) is 15.8 Å². The van der Waals surface area contributed by atoms with E-state index in [4.69, 9.17) is 17.0 Å². The fourth-order valence-electron chi connectivity index (χ4n) is 4.00. The van der Waals surface area contributed by atoms with E-state index in [1.165, 1.54) is 16.4 Å². The van der Waals surface area contributed by atoms with Crippen LogP contribution in [0.5, 0.6) is 0 Å². The highest BCUT2D eigenvalue weighted by Crippen LogP contribution is 2.30.